The van der Waals surface area contributed by atoms with Crippen LogP contribution >= 0.6 is 23.2 Å². The molecule has 2 amide bonds. The maximum atomic E-state index is 14.6. The fraction of sp³-hybridized carbons (Fsp3) is 0.278. The van der Waals surface area contributed by atoms with Crippen LogP contribution in [0.4, 0.5) is 5.69 Å². The highest BCUT2D eigenvalue weighted by atomic mass is 35.5. The van der Waals surface area contributed by atoms with Gasteiger partial charge in [0.25, 0.3) is 10.0 Å². The average molecular weight is 681 g/mol. The van der Waals surface area contributed by atoms with Crippen LogP contribution in [0.1, 0.15) is 42.5 Å². The Hall–Kier alpha value is -3.85. The van der Waals surface area contributed by atoms with Gasteiger partial charge >= 0.3 is 0 Å². The van der Waals surface area contributed by atoms with Crippen LogP contribution in [0.5, 0.6) is 0 Å². The lowest BCUT2D eigenvalue weighted by molar-refractivity contribution is -0.140. The minimum atomic E-state index is -4.27. The number of hydrogen-bond donors (Lipinski definition) is 1. The number of rotatable bonds is 13. The van der Waals surface area contributed by atoms with Crippen molar-refractivity contribution in [2.75, 3.05) is 10.8 Å². The van der Waals surface area contributed by atoms with Crippen LogP contribution in [0.25, 0.3) is 0 Å². The van der Waals surface area contributed by atoms with E-state index in [4.69, 9.17) is 23.2 Å². The molecule has 242 valence electrons. The highest BCUT2D eigenvalue weighted by Gasteiger charge is 2.35. The predicted molar refractivity (Wildman–Crippen MR) is 186 cm³/mol. The molecule has 0 saturated carbocycles. The van der Waals surface area contributed by atoms with Gasteiger partial charge in [0.2, 0.25) is 11.8 Å². The summed E-state index contributed by atoms with van der Waals surface area (Å²) in [7, 11) is -4.27. The number of amides is 2. The Morgan fingerprint density at radius 1 is 0.804 bits per heavy atom. The van der Waals surface area contributed by atoms with E-state index in [1.54, 1.807) is 12.1 Å². The summed E-state index contributed by atoms with van der Waals surface area (Å²) < 4.78 is 29.4. The van der Waals surface area contributed by atoms with Crippen LogP contribution in [0.2, 0.25) is 10.0 Å². The molecule has 0 spiro atoms. The topological polar surface area (TPSA) is 86.8 Å². The molecular formula is C36H39Cl2N3O4S. The Bertz CT molecular complexity index is 1730. The molecule has 0 radical (unpaired) electrons. The van der Waals surface area contributed by atoms with E-state index in [0.29, 0.717) is 6.42 Å². The van der Waals surface area contributed by atoms with Crippen molar-refractivity contribution >= 4 is 50.7 Å². The van der Waals surface area contributed by atoms with Gasteiger partial charge in [0.15, 0.2) is 0 Å². The molecule has 2 unspecified atom stereocenters. The lowest BCUT2D eigenvalue weighted by atomic mass is 10.0. The molecule has 7 nitrogen and oxygen atoms in total. The van der Waals surface area contributed by atoms with E-state index < -0.39 is 28.5 Å². The standard InChI is InChI=1S/C36H39Cl2N3O4S/c1-5-27(4)39-36(43)34(19-28-9-7-6-8-10-28)40(23-29-15-11-25(2)12-16-29)35(42)24-41(32-21-30(37)20-31(38)22-32)46(44,45)33-17-13-26(3)14-18-33/h6-18,20-22,27,34H,5,19,23-24H2,1-4H3,(H,39,43). The second-order valence-corrected chi connectivity index (χ2v) is 14.2. The Balaban J connectivity index is 1.83. The van der Waals surface area contributed by atoms with Gasteiger partial charge in [-0.2, -0.15) is 0 Å². The summed E-state index contributed by atoms with van der Waals surface area (Å²) in [6, 6.07) is 26.8. The SMILES string of the molecule is CCC(C)NC(=O)C(Cc1ccccc1)N(Cc1ccc(C)cc1)C(=O)CN(c1cc(Cl)cc(Cl)c1)S(=O)(=O)c1ccc(C)cc1. The number of halogens is 2. The first-order valence-electron chi connectivity index (χ1n) is 15.1. The number of anilines is 1. The highest BCUT2D eigenvalue weighted by Crippen LogP contribution is 2.30. The summed E-state index contributed by atoms with van der Waals surface area (Å²) in [6.07, 6.45) is 0.933. The molecule has 46 heavy (non-hydrogen) atoms. The molecule has 4 aromatic rings. The van der Waals surface area contributed by atoms with Gasteiger partial charge in [-0.3, -0.25) is 13.9 Å². The molecule has 0 bridgehead atoms. The minimum absolute atomic E-state index is 0.00225. The zero-order chi connectivity index (χ0) is 33.4. The summed E-state index contributed by atoms with van der Waals surface area (Å²) in [6.45, 7) is 7.18. The van der Waals surface area contributed by atoms with Crippen LogP contribution in [0.3, 0.4) is 0 Å². The zero-order valence-electron chi connectivity index (χ0n) is 26.4. The normalized spacial score (nSPS) is 12.7. The molecule has 0 aliphatic carbocycles. The van der Waals surface area contributed by atoms with Gasteiger partial charge < -0.3 is 10.2 Å². The fourth-order valence-electron chi connectivity index (χ4n) is 4.93. The molecule has 4 aromatic carbocycles. The van der Waals surface area contributed by atoms with E-state index in [1.165, 1.54) is 35.2 Å². The number of benzene rings is 4. The van der Waals surface area contributed by atoms with Crippen LogP contribution < -0.4 is 9.62 Å². The minimum Gasteiger partial charge on any atom is -0.352 e. The summed E-state index contributed by atoms with van der Waals surface area (Å²) in [4.78, 5) is 30.0. The number of nitrogens with zero attached hydrogens (tertiary/aromatic N) is 2. The fourth-order valence-corrected chi connectivity index (χ4v) is 6.85. The number of aryl methyl sites for hydroxylation is 2. The van der Waals surface area contributed by atoms with Gasteiger partial charge in [-0.1, -0.05) is 108 Å². The zero-order valence-corrected chi connectivity index (χ0v) is 28.7. The quantitative estimate of drug-likeness (QED) is 0.160. The maximum absolute atomic E-state index is 14.6. The maximum Gasteiger partial charge on any atom is 0.264 e. The van der Waals surface area contributed by atoms with Crippen LogP contribution in [0.15, 0.2) is 102 Å². The van der Waals surface area contributed by atoms with Crippen molar-refractivity contribution in [1.29, 1.82) is 0 Å². The van der Waals surface area contributed by atoms with E-state index in [9.17, 15) is 18.0 Å². The van der Waals surface area contributed by atoms with E-state index in [0.717, 1.165) is 26.6 Å². The van der Waals surface area contributed by atoms with Crippen molar-refractivity contribution in [2.45, 2.75) is 64.1 Å². The Morgan fingerprint density at radius 3 is 1.93 bits per heavy atom. The highest BCUT2D eigenvalue weighted by molar-refractivity contribution is 7.92. The third kappa shape index (κ3) is 9.12. The summed E-state index contributed by atoms with van der Waals surface area (Å²) >= 11 is 12.6. The molecule has 2 atom stereocenters. The first kappa shape index (κ1) is 35.0. The van der Waals surface area contributed by atoms with Crippen LogP contribution in [-0.2, 0) is 32.6 Å². The molecule has 0 saturated heterocycles. The molecule has 10 heteroatoms. The van der Waals surface area contributed by atoms with Gasteiger partial charge in [-0.05, 0) is 68.7 Å². The van der Waals surface area contributed by atoms with Crippen molar-refractivity contribution in [3.05, 3.63) is 129 Å². The van der Waals surface area contributed by atoms with Crippen LogP contribution in [-0.4, -0.2) is 43.8 Å². The van der Waals surface area contributed by atoms with Gasteiger partial charge in [0.1, 0.15) is 12.6 Å². The monoisotopic (exact) mass is 679 g/mol. The third-order valence-electron chi connectivity index (χ3n) is 7.77. The first-order chi connectivity index (χ1) is 21.9. The van der Waals surface area contributed by atoms with Crippen molar-refractivity contribution in [3.8, 4) is 0 Å². The van der Waals surface area contributed by atoms with Crippen molar-refractivity contribution in [2.24, 2.45) is 0 Å². The molecule has 0 aromatic heterocycles. The Kier molecular flexibility index (Phi) is 11.9. The summed E-state index contributed by atoms with van der Waals surface area (Å²) in [5.74, 6) is -0.884. The van der Waals surface area contributed by atoms with Crippen LogP contribution in [0, 0.1) is 13.8 Å². The Morgan fingerprint density at radius 2 is 1.37 bits per heavy atom. The molecule has 4 rings (SSSR count). The molecule has 0 aliphatic rings. The second-order valence-electron chi connectivity index (χ2n) is 11.5. The lowest BCUT2D eigenvalue weighted by Crippen LogP contribution is -2.54. The number of nitrogens with one attached hydrogen (secondary N) is 1. The van der Waals surface area contributed by atoms with E-state index in [1.807, 2.05) is 82.3 Å². The Labute approximate surface area is 282 Å². The lowest BCUT2D eigenvalue weighted by Gasteiger charge is -2.34. The van der Waals surface area contributed by atoms with E-state index in [-0.39, 0.29) is 45.5 Å². The number of carbonyl (C=O) groups is 2. The summed E-state index contributed by atoms with van der Waals surface area (Å²) in [5.41, 5.74) is 3.72. The first-order valence-corrected chi connectivity index (χ1v) is 17.3. The smallest absolute Gasteiger partial charge is 0.264 e. The van der Waals surface area contributed by atoms with E-state index in [2.05, 4.69) is 5.32 Å². The van der Waals surface area contributed by atoms with Gasteiger partial charge in [0, 0.05) is 29.1 Å². The largest absolute Gasteiger partial charge is 0.352 e. The van der Waals surface area contributed by atoms with Gasteiger partial charge in [0.05, 0.1) is 10.6 Å². The molecule has 1 N–H and O–H groups in total. The van der Waals surface area contributed by atoms with E-state index >= 15 is 0 Å². The summed E-state index contributed by atoms with van der Waals surface area (Å²) in [5, 5.41) is 3.47. The predicted octanol–water partition coefficient (Wildman–Crippen LogP) is 7.36. The van der Waals surface area contributed by atoms with Gasteiger partial charge in [-0.15, -0.1) is 0 Å². The number of hydrogen-bond acceptors (Lipinski definition) is 4. The van der Waals surface area contributed by atoms with Gasteiger partial charge in [-0.25, -0.2) is 8.42 Å². The van der Waals surface area contributed by atoms with Crippen molar-refractivity contribution in [3.63, 3.8) is 0 Å². The molecule has 0 heterocycles. The van der Waals surface area contributed by atoms with Crippen molar-refractivity contribution < 1.29 is 18.0 Å². The average Bonchev–Trinajstić information content (AvgIpc) is 3.02. The molecular weight excluding hydrogens is 641 g/mol. The molecule has 0 aliphatic heterocycles. The number of sulfonamides is 1. The third-order valence-corrected chi connectivity index (χ3v) is 9.99. The second kappa shape index (κ2) is 15.6. The molecule has 0 fully saturated rings. The number of carbonyl (C=O) groups excluding carboxylic acids is 2. The van der Waals surface area contributed by atoms with Crippen molar-refractivity contribution in [1.82, 2.24) is 10.2 Å².